The third-order valence-corrected chi connectivity index (χ3v) is 2.91. The lowest BCUT2D eigenvalue weighted by Gasteiger charge is -2.23. The summed E-state index contributed by atoms with van der Waals surface area (Å²) in [4.78, 5) is 11.9. The van der Waals surface area contributed by atoms with Crippen LogP contribution in [0.1, 0.15) is 28.8 Å². The van der Waals surface area contributed by atoms with Gasteiger partial charge in [-0.25, -0.2) is 0 Å². The lowest BCUT2D eigenvalue weighted by atomic mass is 10.1. The number of carbonyl (C=O) groups excluding carboxylic acids is 1. The molecule has 1 aromatic rings. The number of benzene rings is 1. The van der Waals surface area contributed by atoms with E-state index in [0.717, 1.165) is 37.1 Å². The number of rotatable bonds is 2. The number of halogens is 1. The molecular weight excluding hydrogens is 236 g/mol. The molecule has 0 radical (unpaired) electrons. The fraction of sp³-hybridized carbons (Fsp3) is 0.462. The summed E-state index contributed by atoms with van der Waals surface area (Å²) in [6.07, 6.45) is 2.21. The molecule has 1 fully saturated rings. The van der Waals surface area contributed by atoms with Crippen LogP contribution in [0.2, 0.25) is 0 Å². The first-order valence-electron chi connectivity index (χ1n) is 5.84. The Hall–Kier alpha value is -1.06. The van der Waals surface area contributed by atoms with Crippen LogP contribution in [0, 0.1) is 6.92 Å². The average molecular weight is 255 g/mol. The van der Waals surface area contributed by atoms with Gasteiger partial charge in [0.15, 0.2) is 0 Å². The van der Waals surface area contributed by atoms with Crippen LogP contribution in [0.5, 0.6) is 0 Å². The quantitative estimate of drug-likeness (QED) is 0.847. The van der Waals surface area contributed by atoms with E-state index in [4.69, 9.17) is 0 Å². The highest BCUT2D eigenvalue weighted by Crippen LogP contribution is 2.06. The SMILES string of the molecule is Cc1cccc(C(=O)NC2CCCNC2)c1.Cl. The molecule has 0 saturated carbocycles. The molecule has 94 valence electrons. The molecule has 1 aliphatic heterocycles. The molecule has 0 aromatic heterocycles. The summed E-state index contributed by atoms with van der Waals surface area (Å²) in [5.74, 6) is 0.0393. The van der Waals surface area contributed by atoms with Crippen molar-refractivity contribution < 1.29 is 4.79 Å². The third kappa shape index (κ3) is 4.02. The summed E-state index contributed by atoms with van der Waals surface area (Å²) in [6.45, 7) is 3.95. The molecule has 1 unspecified atom stereocenters. The topological polar surface area (TPSA) is 41.1 Å². The van der Waals surface area contributed by atoms with E-state index in [2.05, 4.69) is 10.6 Å². The molecule has 2 N–H and O–H groups in total. The van der Waals surface area contributed by atoms with Gasteiger partial charge >= 0.3 is 0 Å². The molecule has 1 heterocycles. The summed E-state index contributed by atoms with van der Waals surface area (Å²) < 4.78 is 0. The Balaban J connectivity index is 0.00000144. The van der Waals surface area contributed by atoms with Gasteiger partial charge in [0, 0.05) is 18.2 Å². The Morgan fingerprint density at radius 3 is 2.94 bits per heavy atom. The van der Waals surface area contributed by atoms with Crippen LogP contribution in [-0.2, 0) is 0 Å². The van der Waals surface area contributed by atoms with Gasteiger partial charge in [0.2, 0.25) is 0 Å². The largest absolute Gasteiger partial charge is 0.348 e. The summed E-state index contributed by atoms with van der Waals surface area (Å²) in [5.41, 5.74) is 1.87. The van der Waals surface area contributed by atoms with Crippen molar-refractivity contribution in [3.8, 4) is 0 Å². The normalized spacial score (nSPS) is 19.2. The molecule has 1 amide bonds. The summed E-state index contributed by atoms with van der Waals surface area (Å²) in [6, 6.07) is 7.98. The fourth-order valence-corrected chi connectivity index (χ4v) is 2.03. The lowest BCUT2D eigenvalue weighted by molar-refractivity contribution is 0.0930. The molecule has 0 bridgehead atoms. The molecule has 1 atom stereocenters. The van der Waals surface area contributed by atoms with E-state index in [-0.39, 0.29) is 24.4 Å². The molecule has 1 aromatic carbocycles. The van der Waals surface area contributed by atoms with Crippen LogP contribution in [-0.4, -0.2) is 25.0 Å². The minimum atomic E-state index is 0. The van der Waals surface area contributed by atoms with E-state index in [9.17, 15) is 4.79 Å². The van der Waals surface area contributed by atoms with Gasteiger partial charge in [-0.3, -0.25) is 4.79 Å². The number of carbonyl (C=O) groups is 1. The lowest BCUT2D eigenvalue weighted by Crippen LogP contribution is -2.45. The second-order valence-corrected chi connectivity index (χ2v) is 4.39. The molecule has 4 heteroatoms. The van der Waals surface area contributed by atoms with Crippen molar-refractivity contribution >= 4 is 18.3 Å². The minimum absolute atomic E-state index is 0. The fourth-order valence-electron chi connectivity index (χ4n) is 2.03. The Morgan fingerprint density at radius 1 is 1.47 bits per heavy atom. The summed E-state index contributed by atoms with van der Waals surface area (Å²) in [7, 11) is 0. The van der Waals surface area contributed by atoms with Crippen molar-refractivity contribution in [3.63, 3.8) is 0 Å². The second kappa shape index (κ2) is 6.62. The maximum Gasteiger partial charge on any atom is 0.251 e. The first kappa shape index (κ1) is 14.0. The van der Waals surface area contributed by atoms with Crippen molar-refractivity contribution in [1.82, 2.24) is 10.6 Å². The molecule has 1 aliphatic rings. The Labute approximate surface area is 108 Å². The van der Waals surface area contributed by atoms with Crippen LogP contribution < -0.4 is 10.6 Å². The van der Waals surface area contributed by atoms with Crippen molar-refractivity contribution in [1.29, 1.82) is 0 Å². The highest BCUT2D eigenvalue weighted by molar-refractivity contribution is 5.94. The van der Waals surface area contributed by atoms with Crippen molar-refractivity contribution in [2.75, 3.05) is 13.1 Å². The first-order chi connectivity index (χ1) is 7.75. The molecule has 0 spiro atoms. The predicted molar refractivity (Wildman–Crippen MR) is 71.8 cm³/mol. The van der Waals surface area contributed by atoms with Crippen LogP contribution in [0.15, 0.2) is 24.3 Å². The second-order valence-electron chi connectivity index (χ2n) is 4.39. The van der Waals surface area contributed by atoms with E-state index in [0.29, 0.717) is 0 Å². The molecule has 17 heavy (non-hydrogen) atoms. The Kier molecular flexibility index (Phi) is 5.45. The molecule has 1 saturated heterocycles. The minimum Gasteiger partial charge on any atom is -0.348 e. The molecule has 3 nitrogen and oxygen atoms in total. The van der Waals surface area contributed by atoms with Gasteiger partial charge in [-0.2, -0.15) is 0 Å². The smallest absolute Gasteiger partial charge is 0.251 e. The zero-order chi connectivity index (χ0) is 11.4. The maximum absolute atomic E-state index is 11.9. The zero-order valence-electron chi connectivity index (χ0n) is 10.0. The zero-order valence-corrected chi connectivity index (χ0v) is 10.8. The number of hydrogen-bond donors (Lipinski definition) is 2. The first-order valence-corrected chi connectivity index (χ1v) is 5.84. The van der Waals surface area contributed by atoms with E-state index >= 15 is 0 Å². The van der Waals surface area contributed by atoms with Crippen LogP contribution >= 0.6 is 12.4 Å². The monoisotopic (exact) mass is 254 g/mol. The number of nitrogens with one attached hydrogen (secondary N) is 2. The van der Waals surface area contributed by atoms with Gasteiger partial charge in [-0.1, -0.05) is 17.7 Å². The standard InChI is InChI=1S/C13H18N2O.ClH/c1-10-4-2-5-11(8-10)13(16)15-12-6-3-7-14-9-12;/h2,4-5,8,12,14H,3,6-7,9H2,1H3,(H,15,16);1H. The van der Waals surface area contributed by atoms with Gasteiger partial charge in [0.25, 0.3) is 5.91 Å². The predicted octanol–water partition coefficient (Wildman–Crippen LogP) is 1.90. The number of aryl methyl sites for hydroxylation is 1. The molecule has 0 aliphatic carbocycles. The highest BCUT2D eigenvalue weighted by atomic mass is 35.5. The van der Waals surface area contributed by atoms with Crippen LogP contribution in [0.25, 0.3) is 0 Å². The Morgan fingerprint density at radius 2 is 2.29 bits per heavy atom. The van der Waals surface area contributed by atoms with Gasteiger partial charge < -0.3 is 10.6 Å². The number of piperidine rings is 1. The van der Waals surface area contributed by atoms with Gasteiger partial charge in [0.1, 0.15) is 0 Å². The number of amides is 1. The van der Waals surface area contributed by atoms with Gasteiger partial charge in [-0.05, 0) is 38.4 Å². The van der Waals surface area contributed by atoms with Crippen molar-refractivity contribution in [2.45, 2.75) is 25.8 Å². The van der Waals surface area contributed by atoms with Crippen LogP contribution in [0.3, 0.4) is 0 Å². The average Bonchev–Trinajstić information content (AvgIpc) is 2.30. The Bertz CT molecular complexity index is 375. The van der Waals surface area contributed by atoms with E-state index in [1.54, 1.807) is 0 Å². The summed E-state index contributed by atoms with van der Waals surface area (Å²) >= 11 is 0. The van der Waals surface area contributed by atoms with E-state index < -0.39 is 0 Å². The van der Waals surface area contributed by atoms with Crippen molar-refractivity contribution in [3.05, 3.63) is 35.4 Å². The molecular formula is C13H19ClN2O. The van der Waals surface area contributed by atoms with E-state index in [1.807, 2.05) is 31.2 Å². The number of hydrogen-bond acceptors (Lipinski definition) is 2. The van der Waals surface area contributed by atoms with Crippen LogP contribution in [0.4, 0.5) is 0 Å². The highest BCUT2D eigenvalue weighted by Gasteiger charge is 2.15. The van der Waals surface area contributed by atoms with Gasteiger partial charge in [0.05, 0.1) is 0 Å². The van der Waals surface area contributed by atoms with Crippen molar-refractivity contribution in [2.24, 2.45) is 0 Å². The molecule has 2 rings (SSSR count). The maximum atomic E-state index is 11.9. The van der Waals surface area contributed by atoms with Gasteiger partial charge in [-0.15, -0.1) is 12.4 Å². The third-order valence-electron chi connectivity index (χ3n) is 2.91. The van der Waals surface area contributed by atoms with E-state index in [1.165, 1.54) is 0 Å². The summed E-state index contributed by atoms with van der Waals surface area (Å²) in [5, 5.41) is 6.35.